The van der Waals surface area contributed by atoms with Gasteiger partial charge in [-0.25, -0.2) is 0 Å². The number of benzene rings is 2. The molecule has 2 aromatic carbocycles. The molecule has 0 saturated carbocycles. The maximum absolute atomic E-state index is 4.42. The van der Waals surface area contributed by atoms with Gasteiger partial charge in [-0.15, -0.1) is 10.2 Å². The molecule has 4 nitrogen and oxygen atoms in total. The van der Waals surface area contributed by atoms with Gasteiger partial charge < -0.3 is 5.32 Å². The number of aryl methyl sites for hydroxylation is 1. The van der Waals surface area contributed by atoms with E-state index in [1.54, 1.807) is 6.20 Å². The molecular weight excluding hydrogens is 320 g/mol. The molecule has 0 fully saturated rings. The fraction of sp³-hybridized carbons (Fsp3) is 0.0455. The Labute approximate surface area is 152 Å². The van der Waals surface area contributed by atoms with Crippen LogP contribution in [0, 0.1) is 6.92 Å². The van der Waals surface area contributed by atoms with Crippen LogP contribution in [0.1, 0.15) is 16.8 Å². The SMILES string of the molecule is Cc1cccc(Nc2nnc(/C=C/c3cccnc3)c3ccccc23)c1. The number of hydrogen-bond donors (Lipinski definition) is 1. The zero-order valence-corrected chi connectivity index (χ0v) is 14.4. The summed E-state index contributed by atoms with van der Waals surface area (Å²) in [5, 5.41) is 14.3. The van der Waals surface area contributed by atoms with E-state index in [2.05, 4.69) is 51.7 Å². The summed E-state index contributed by atoms with van der Waals surface area (Å²) >= 11 is 0. The molecule has 26 heavy (non-hydrogen) atoms. The Hall–Kier alpha value is -3.53. The van der Waals surface area contributed by atoms with E-state index in [4.69, 9.17) is 0 Å². The summed E-state index contributed by atoms with van der Waals surface area (Å²) in [6.07, 6.45) is 7.55. The van der Waals surface area contributed by atoms with E-state index in [1.807, 2.05) is 54.7 Å². The predicted octanol–water partition coefficient (Wildman–Crippen LogP) is 5.25. The van der Waals surface area contributed by atoms with E-state index in [9.17, 15) is 0 Å². The third-order valence-corrected chi connectivity index (χ3v) is 4.11. The second kappa shape index (κ2) is 7.15. The Balaban J connectivity index is 1.72. The van der Waals surface area contributed by atoms with Crippen molar-refractivity contribution in [3.8, 4) is 0 Å². The van der Waals surface area contributed by atoms with E-state index in [1.165, 1.54) is 5.56 Å². The topological polar surface area (TPSA) is 50.7 Å². The number of hydrogen-bond acceptors (Lipinski definition) is 4. The van der Waals surface area contributed by atoms with Gasteiger partial charge in [-0.1, -0.05) is 48.5 Å². The summed E-state index contributed by atoms with van der Waals surface area (Å²) < 4.78 is 0. The minimum absolute atomic E-state index is 0.754. The van der Waals surface area contributed by atoms with Gasteiger partial charge in [0, 0.05) is 28.9 Å². The Bertz CT molecular complexity index is 1070. The number of nitrogens with zero attached hydrogens (tertiary/aromatic N) is 3. The van der Waals surface area contributed by atoms with Crippen LogP contribution in [-0.2, 0) is 0 Å². The van der Waals surface area contributed by atoms with Crippen LogP contribution in [0.5, 0.6) is 0 Å². The van der Waals surface area contributed by atoms with Crippen molar-refractivity contribution in [2.24, 2.45) is 0 Å². The Morgan fingerprint density at radius 2 is 1.73 bits per heavy atom. The molecule has 0 bridgehead atoms. The normalized spacial score (nSPS) is 11.1. The zero-order valence-electron chi connectivity index (χ0n) is 14.4. The third-order valence-electron chi connectivity index (χ3n) is 4.11. The van der Waals surface area contributed by atoms with E-state index in [0.29, 0.717) is 0 Å². The van der Waals surface area contributed by atoms with Crippen LogP contribution in [0.3, 0.4) is 0 Å². The lowest BCUT2D eigenvalue weighted by Crippen LogP contribution is -1.99. The van der Waals surface area contributed by atoms with Crippen LogP contribution in [0.2, 0.25) is 0 Å². The van der Waals surface area contributed by atoms with Crippen molar-refractivity contribution in [2.75, 3.05) is 5.32 Å². The van der Waals surface area contributed by atoms with E-state index in [-0.39, 0.29) is 0 Å². The van der Waals surface area contributed by atoms with Gasteiger partial charge in [0.25, 0.3) is 0 Å². The summed E-state index contributed by atoms with van der Waals surface area (Å²) in [5.41, 5.74) is 4.06. The second-order valence-corrected chi connectivity index (χ2v) is 6.09. The highest BCUT2D eigenvalue weighted by molar-refractivity contribution is 5.98. The largest absolute Gasteiger partial charge is 0.338 e. The van der Waals surface area contributed by atoms with Gasteiger partial charge >= 0.3 is 0 Å². The van der Waals surface area contributed by atoms with E-state index >= 15 is 0 Å². The number of nitrogens with one attached hydrogen (secondary N) is 1. The van der Waals surface area contributed by atoms with E-state index in [0.717, 1.165) is 33.5 Å². The number of fused-ring (bicyclic) bond motifs is 1. The van der Waals surface area contributed by atoms with Gasteiger partial charge in [0.15, 0.2) is 5.82 Å². The van der Waals surface area contributed by atoms with Crippen molar-refractivity contribution in [1.29, 1.82) is 0 Å². The highest BCUT2D eigenvalue weighted by Gasteiger charge is 2.07. The smallest absolute Gasteiger partial charge is 0.161 e. The molecule has 0 aliphatic carbocycles. The first-order valence-electron chi connectivity index (χ1n) is 8.47. The zero-order chi connectivity index (χ0) is 17.8. The molecule has 0 saturated heterocycles. The average molecular weight is 338 g/mol. The summed E-state index contributed by atoms with van der Waals surface area (Å²) in [5.74, 6) is 0.754. The molecule has 2 heterocycles. The van der Waals surface area contributed by atoms with Gasteiger partial charge in [0.2, 0.25) is 0 Å². The molecule has 0 atom stereocenters. The fourth-order valence-electron chi connectivity index (χ4n) is 2.85. The first kappa shape index (κ1) is 16.0. The number of aromatic nitrogens is 3. The molecule has 4 aromatic rings. The standard InChI is InChI=1S/C22H18N4/c1-16-6-4-8-18(14-16)24-22-20-10-3-2-9-19(20)21(25-26-22)12-11-17-7-5-13-23-15-17/h2-15H,1H3,(H,24,26)/b12-11+. The molecule has 0 aliphatic rings. The molecule has 4 heteroatoms. The predicted molar refractivity (Wildman–Crippen MR) is 107 cm³/mol. The maximum Gasteiger partial charge on any atom is 0.161 e. The van der Waals surface area contributed by atoms with Crippen molar-refractivity contribution >= 4 is 34.4 Å². The van der Waals surface area contributed by atoms with E-state index < -0.39 is 0 Å². The Morgan fingerprint density at radius 1 is 0.846 bits per heavy atom. The lowest BCUT2D eigenvalue weighted by Gasteiger charge is -2.10. The number of anilines is 2. The lowest BCUT2D eigenvalue weighted by molar-refractivity contribution is 1.04. The van der Waals surface area contributed by atoms with Crippen molar-refractivity contribution in [1.82, 2.24) is 15.2 Å². The first-order chi connectivity index (χ1) is 12.8. The van der Waals surface area contributed by atoms with Gasteiger partial charge in [-0.3, -0.25) is 4.98 Å². The van der Waals surface area contributed by atoms with Crippen molar-refractivity contribution in [3.05, 3.63) is 89.9 Å². The molecule has 0 aliphatic heterocycles. The van der Waals surface area contributed by atoms with Crippen molar-refractivity contribution in [2.45, 2.75) is 6.92 Å². The van der Waals surface area contributed by atoms with Gasteiger partial charge in [-0.2, -0.15) is 0 Å². The van der Waals surface area contributed by atoms with Crippen LogP contribution < -0.4 is 5.32 Å². The third kappa shape index (κ3) is 3.44. The van der Waals surface area contributed by atoms with Crippen molar-refractivity contribution in [3.63, 3.8) is 0 Å². The lowest BCUT2D eigenvalue weighted by atomic mass is 10.1. The minimum atomic E-state index is 0.754. The maximum atomic E-state index is 4.42. The van der Waals surface area contributed by atoms with Crippen LogP contribution in [-0.4, -0.2) is 15.2 Å². The Morgan fingerprint density at radius 3 is 2.54 bits per heavy atom. The van der Waals surface area contributed by atoms with Crippen LogP contribution in [0.25, 0.3) is 22.9 Å². The quantitative estimate of drug-likeness (QED) is 0.552. The highest BCUT2D eigenvalue weighted by atomic mass is 15.2. The molecule has 1 N–H and O–H groups in total. The monoisotopic (exact) mass is 338 g/mol. The summed E-state index contributed by atoms with van der Waals surface area (Å²) in [6, 6.07) is 20.3. The summed E-state index contributed by atoms with van der Waals surface area (Å²) in [7, 11) is 0. The molecule has 0 spiro atoms. The average Bonchev–Trinajstić information content (AvgIpc) is 2.68. The summed E-state index contributed by atoms with van der Waals surface area (Å²) in [4.78, 5) is 4.13. The highest BCUT2D eigenvalue weighted by Crippen LogP contribution is 2.26. The first-order valence-corrected chi connectivity index (χ1v) is 8.47. The molecule has 126 valence electrons. The molecule has 4 rings (SSSR count). The van der Waals surface area contributed by atoms with Crippen molar-refractivity contribution < 1.29 is 0 Å². The molecule has 0 radical (unpaired) electrons. The van der Waals surface area contributed by atoms with Gasteiger partial charge in [-0.05, 0) is 42.3 Å². The number of rotatable bonds is 4. The van der Waals surface area contributed by atoms with Gasteiger partial charge in [0.05, 0.1) is 5.69 Å². The number of pyridine rings is 1. The molecule has 0 unspecified atom stereocenters. The molecule has 2 aromatic heterocycles. The van der Waals surface area contributed by atoms with Crippen LogP contribution in [0.15, 0.2) is 73.1 Å². The fourth-order valence-corrected chi connectivity index (χ4v) is 2.85. The van der Waals surface area contributed by atoms with Gasteiger partial charge in [0.1, 0.15) is 0 Å². The molecule has 0 amide bonds. The molecular formula is C22H18N4. The summed E-state index contributed by atoms with van der Waals surface area (Å²) in [6.45, 7) is 2.07. The van der Waals surface area contributed by atoms with Crippen LogP contribution in [0.4, 0.5) is 11.5 Å². The second-order valence-electron chi connectivity index (χ2n) is 6.09. The Kier molecular flexibility index (Phi) is 4.39. The van der Waals surface area contributed by atoms with Crippen LogP contribution >= 0.6 is 0 Å². The minimum Gasteiger partial charge on any atom is -0.338 e.